The highest BCUT2D eigenvalue weighted by Crippen LogP contribution is 2.12. The number of benzene rings is 1. The fourth-order valence-corrected chi connectivity index (χ4v) is 2.14. The molecule has 23 heavy (non-hydrogen) atoms. The molecule has 0 bridgehead atoms. The van der Waals surface area contributed by atoms with Gasteiger partial charge in [0, 0.05) is 18.2 Å². The van der Waals surface area contributed by atoms with E-state index in [2.05, 4.69) is 10.1 Å². The lowest BCUT2D eigenvalue weighted by atomic mass is 10.2. The van der Waals surface area contributed by atoms with Crippen LogP contribution in [-0.2, 0) is 19.1 Å². The average molecular weight is 343 g/mol. The summed E-state index contributed by atoms with van der Waals surface area (Å²) in [5.41, 5.74) is -1.06. The Morgan fingerprint density at radius 1 is 1.26 bits per heavy atom. The second-order valence-electron chi connectivity index (χ2n) is 4.29. The highest BCUT2D eigenvalue weighted by atomic mass is 32.2. The topological polar surface area (TPSA) is 122 Å². The molecule has 0 heterocycles. The summed E-state index contributed by atoms with van der Waals surface area (Å²) in [4.78, 5) is 33.6. The molecule has 0 aliphatic carbocycles. The van der Waals surface area contributed by atoms with Crippen LogP contribution in [-0.4, -0.2) is 52.3 Å². The summed E-state index contributed by atoms with van der Waals surface area (Å²) in [6.07, 6.45) is 0. The van der Waals surface area contributed by atoms with E-state index in [0.29, 0.717) is 5.56 Å². The summed E-state index contributed by atoms with van der Waals surface area (Å²) >= 11 is 0.748. The van der Waals surface area contributed by atoms with E-state index in [0.717, 1.165) is 11.8 Å². The molecule has 0 radical (unpaired) electrons. The van der Waals surface area contributed by atoms with Gasteiger partial charge in [0.25, 0.3) is 5.91 Å². The molecule has 9 heteroatoms. The van der Waals surface area contributed by atoms with Crippen molar-refractivity contribution in [2.24, 2.45) is 0 Å². The number of carbonyl (C=O) groups is 3. The molecular weight excluding hydrogens is 326 g/mol. The number of carbonyl (C=O) groups excluding carboxylic acids is 2. The zero-order valence-corrected chi connectivity index (χ0v) is 13.1. The minimum atomic E-state index is -1.38. The van der Waals surface area contributed by atoms with E-state index in [9.17, 15) is 19.5 Å². The number of carboxylic acids is 1. The van der Waals surface area contributed by atoms with Crippen LogP contribution in [0, 0.1) is 0 Å². The van der Waals surface area contributed by atoms with Gasteiger partial charge in [-0.1, -0.05) is 30.0 Å². The number of aliphatic hydroxyl groups is 1. The Hall–Kier alpha value is -2.10. The third kappa shape index (κ3) is 7.63. The van der Waals surface area contributed by atoms with Gasteiger partial charge in [-0.3, -0.25) is 9.59 Å². The van der Waals surface area contributed by atoms with Crippen LogP contribution in [0.3, 0.4) is 0 Å². The maximum absolute atomic E-state index is 11.9. The third-order valence-electron chi connectivity index (χ3n) is 2.52. The number of hydrogen-bond donors (Lipinski definition) is 3. The number of nitrogens with one attached hydrogen (secondary N) is 1. The zero-order valence-electron chi connectivity index (χ0n) is 12.3. The van der Waals surface area contributed by atoms with Crippen LogP contribution >= 0.6 is 11.8 Å². The van der Waals surface area contributed by atoms with Crippen LogP contribution in [0.2, 0.25) is 0 Å². The average Bonchev–Trinajstić information content (AvgIpc) is 2.51. The van der Waals surface area contributed by atoms with Crippen molar-refractivity contribution in [1.82, 2.24) is 5.32 Å². The first kappa shape index (κ1) is 18.9. The van der Waals surface area contributed by atoms with Gasteiger partial charge in [-0.2, -0.15) is 0 Å². The van der Waals surface area contributed by atoms with Crippen molar-refractivity contribution in [2.45, 2.75) is 18.6 Å². The van der Waals surface area contributed by atoms with Crippen LogP contribution < -0.4 is 5.32 Å². The van der Waals surface area contributed by atoms with Gasteiger partial charge >= 0.3 is 11.9 Å². The molecule has 0 aromatic heterocycles. The molecule has 0 spiro atoms. The standard InChI is InChI=1S/C14H17NO7S/c1-9(16)21-8-22-14(20)23-7-11(13(18)19)15-12(17)10-5-3-2-4-6-10/h2-6,11,14,20H,7-8H2,1H3,(H,15,17)(H,18,19)/t11-,14?/m0/s1. The summed E-state index contributed by atoms with van der Waals surface area (Å²) in [6, 6.07) is 6.95. The van der Waals surface area contributed by atoms with E-state index in [-0.39, 0.29) is 5.75 Å². The monoisotopic (exact) mass is 343 g/mol. The molecule has 1 aromatic carbocycles. The van der Waals surface area contributed by atoms with E-state index < -0.39 is 36.3 Å². The summed E-state index contributed by atoms with van der Waals surface area (Å²) in [7, 11) is 0. The fraction of sp³-hybridized carbons (Fsp3) is 0.357. The van der Waals surface area contributed by atoms with E-state index in [1.807, 2.05) is 0 Å². The quantitative estimate of drug-likeness (QED) is 0.435. The number of amides is 1. The number of ether oxygens (including phenoxy) is 2. The first-order valence-electron chi connectivity index (χ1n) is 6.53. The minimum absolute atomic E-state index is 0.130. The SMILES string of the molecule is CC(=O)OCOC(O)SC[C@H](NC(=O)c1ccccc1)C(=O)O. The van der Waals surface area contributed by atoms with E-state index in [1.165, 1.54) is 6.92 Å². The molecule has 3 N–H and O–H groups in total. The van der Waals surface area contributed by atoms with Crippen molar-refractivity contribution in [3.63, 3.8) is 0 Å². The predicted octanol–water partition coefficient (Wildman–Crippen LogP) is 0.416. The maximum atomic E-state index is 11.9. The highest BCUT2D eigenvalue weighted by Gasteiger charge is 2.22. The molecule has 0 aliphatic heterocycles. The van der Waals surface area contributed by atoms with Crippen molar-refractivity contribution in [2.75, 3.05) is 12.5 Å². The van der Waals surface area contributed by atoms with Crippen molar-refractivity contribution in [1.29, 1.82) is 0 Å². The fourth-order valence-electron chi connectivity index (χ4n) is 1.41. The molecule has 1 aromatic rings. The van der Waals surface area contributed by atoms with Gasteiger partial charge in [0.15, 0.2) is 6.79 Å². The van der Waals surface area contributed by atoms with Crippen LogP contribution in [0.25, 0.3) is 0 Å². The first-order valence-corrected chi connectivity index (χ1v) is 7.58. The molecule has 0 saturated carbocycles. The van der Waals surface area contributed by atoms with Crippen LogP contribution in [0.5, 0.6) is 0 Å². The molecular formula is C14H17NO7S. The Balaban J connectivity index is 2.45. The molecule has 2 atom stereocenters. The molecule has 1 amide bonds. The van der Waals surface area contributed by atoms with Gasteiger partial charge in [0.1, 0.15) is 6.04 Å². The maximum Gasteiger partial charge on any atom is 0.327 e. The Morgan fingerprint density at radius 2 is 1.91 bits per heavy atom. The van der Waals surface area contributed by atoms with E-state index >= 15 is 0 Å². The second kappa shape index (κ2) is 9.82. The van der Waals surface area contributed by atoms with E-state index in [1.54, 1.807) is 30.3 Å². The van der Waals surface area contributed by atoms with Crippen LogP contribution in [0.15, 0.2) is 30.3 Å². The summed E-state index contributed by atoms with van der Waals surface area (Å²) in [5, 5.41) is 20.9. The number of rotatable bonds is 9. The Labute approximate surface area is 136 Å². The third-order valence-corrected chi connectivity index (χ3v) is 3.46. The summed E-state index contributed by atoms with van der Waals surface area (Å²) < 4.78 is 9.21. The Morgan fingerprint density at radius 3 is 2.48 bits per heavy atom. The van der Waals surface area contributed by atoms with Crippen molar-refractivity contribution < 1.29 is 34.1 Å². The number of aliphatic hydroxyl groups excluding tert-OH is 1. The normalized spacial score (nSPS) is 13.0. The number of aliphatic carboxylic acids is 1. The molecule has 126 valence electrons. The largest absolute Gasteiger partial charge is 0.480 e. The lowest BCUT2D eigenvalue weighted by molar-refractivity contribution is -0.165. The molecule has 0 saturated heterocycles. The zero-order chi connectivity index (χ0) is 17.2. The molecule has 0 fully saturated rings. The van der Waals surface area contributed by atoms with Gasteiger partial charge < -0.3 is 25.0 Å². The highest BCUT2D eigenvalue weighted by molar-refractivity contribution is 7.99. The molecule has 1 unspecified atom stereocenters. The lowest BCUT2D eigenvalue weighted by Crippen LogP contribution is -2.43. The van der Waals surface area contributed by atoms with Crippen LogP contribution in [0.4, 0.5) is 0 Å². The number of thioether (sulfide) groups is 1. The summed E-state index contributed by atoms with van der Waals surface area (Å²) in [6.45, 7) is 0.736. The van der Waals surface area contributed by atoms with Gasteiger partial charge in [0.2, 0.25) is 5.62 Å². The molecule has 0 aliphatic rings. The number of hydrogen-bond acceptors (Lipinski definition) is 7. The van der Waals surface area contributed by atoms with Gasteiger partial charge in [-0.05, 0) is 12.1 Å². The van der Waals surface area contributed by atoms with Crippen molar-refractivity contribution in [3.05, 3.63) is 35.9 Å². The predicted molar refractivity (Wildman–Crippen MR) is 81.5 cm³/mol. The van der Waals surface area contributed by atoms with Crippen molar-refractivity contribution >= 4 is 29.6 Å². The smallest absolute Gasteiger partial charge is 0.327 e. The number of carboxylic acid groups (broad SMARTS) is 1. The Bertz CT molecular complexity index is 537. The van der Waals surface area contributed by atoms with Crippen molar-refractivity contribution in [3.8, 4) is 0 Å². The molecule has 1 rings (SSSR count). The lowest BCUT2D eigenvalue weighted by Gasteiger charge is -2.16. The molecule has 8 nitrogen and oxygen atoms in total. The van der Waals surface area contributed by atoms with Gasteiger partial charge in [0.05, 0.1) is 0 Å². The first-order chi connectivity index (χ1) is 10.9. The van der Waals surface area contributed by atoms with Crippen LogP contribution in [0.1, 0.15) is 17.3 Å². The number of esters is 1. The van der Waals surface area contributed by atoms with Gasteiger partial charge in [-0.25, -0.2) is 4.79 Å². The Kier molecular flexibility index (Phi) is 8.09. The van der Waals surface area contributed by atoms with Gasteiger partial charge in [-0.15, -0.1) is 0 Å². The minimum Gasteiger partial charge on any atom is -0.480 e. The second-order valence-corrected chi connectivity index (χ2v) is 5.36. The van der Waals surface area contributed by atoms with E-state index in [4.69, 9.17) is 9.84 Å². The summed E-state index contributed by atoms with van der Waals surface area (Å²) in [5.74, 6) is -2.47.